The Hall–Kier alpha value is 0.110. The van der Waals surface area contributed by atoms with Gasteiger partial charge in [0.2, 0.25) is 7.37 Å². The molecule has 0 aliphatic rings. The molecule has 4 nitrogen and oxygen atoms in total. The highest BCUT2D eigenvalue weighted by molar-refractivity contribution is 7.57. The van der Waals surface area contributed by atoms with Crippen LogP contribution < -0.4 is 0 Å². The standard InChI is InChI=1S/C8H19O4P/c1-4-11-8(12-5-2)7-13(9,10)6-3/h8H,4-7H2,1-3H3,(H,9,10). The molecule has 0 spiro atoms. The maximum atomic E-state index is 11.3. The summed E-state index contributed by atoms with van der Waals surface area (Å²) in [6.45, 7) is 6.35. The summed E-state index contributed by atoms with van der Waals surface area (Å²) in [4.78, 5) is 9.34. The molecule has 0 saturated carbocycles. The summed E-state index contributed by atoms with van der Waals surface area (Å²) in [7, 11) is -3.04. The zero-order chi connectivity index (χ0) is 10.3. The Morgan fingerprint density at radius 1 is 1.23 bits per heavy atom. The smallest absolute Gasteiger partial charge is 0.205 e. The van der Waals surface area contributed by atoms with Crippen molar-refractivity contribution < 1.29 is 18.9 Å². The fourth-order valence-corrected chi connectivity index (χ4v) is 1.82. The summed E-state index contributed by atoms with van der Waals surface area (Å²) in [6, 6.07) is 0. The van der Waals surface area contributed by atoms with Gasteiger partial charge in [-0.05, 0) is 13.8 Å². The molecule has 1 unspecified atom stereocenters. The lowest BCUT2D eigenvalue weighted by Gasteiger charge is -2.19. The van der Waals surface area contributed by atoms with E-state index in [0.717, 1.165) is 0 Å². The van der Waals surface area contributed by atoms with Crippen LogP contribution in [0.5, 0.6) is 0 Å². The SMILES string of the molecule is CCOC(CP(=O)(O)CC)OCC. The molecule has 0 aromatic heterocycles. The normalized spacial score (nSPS) is 16.1. The van der Waals surface area contributed by atoms with Crippen LogP contribution in [0.25, 0.3) is 0 Å². The van der Waals surface area contributed by atoms with Crippen LogP contribution in [0.3, 0.4) is 0 Å². The Morgan fingerprint density at radius 3 is 2.00 bits per heavy atom. The largest absolute Gasteiger partial charge is 0.352 e. The van der Waals surface area contributed by atoms with E-state index in [9.17, 15) is 9.46 Å². The van der Waals surface area contributed by atoms with Crippen molar-refractivity contribution in [1.29, 1.82) is 0 Å². The lowest BCUT2D eigenvalue weighted by Crippen LogP contribution is -2.22. The Balaban J connectivity index is 4.00. The lowest BCUT2D eigenvalue weighted by atomic mass is 10.7. The van der Waals surface area contributed by atoms with E-state index in [2.05, 4.69) is 0 Å². The third-order valence-electron chi connectivity index (χ3n) is 1.63. The number of rotatable bonds is 7. The van der Waals surface area contributed by atoms with E-state index in [4.69, 9.17) is 9.47 Å². The maximum absolute atomic E-state index is 11.3. The molecule has 0 aliphatic carbocycles. The first-order valence-electron chi connectivity index (χ1n) is 4.59. The van der Waals surface area contributed by atoms with Crippen LogP contribution in [-0.4, -0.2) is 36.7 Å². The van der Waals surface area contributed by atoms with E-state index in [0.29, 0.717) is 13.2 Å². The molecule has 0 fully saturated rings. The molecule has 80 valence electrons. The van der Waals surface area contributed by atoms with Gasteiger partial charge in [-0.3, -0.25) is 4.57 Å². The van der Waals surface area contributed by atoms with Gasteiger partial charge < -0.3 is 14.4 Å². The molecule has 5 heteroatoms. The van der Waals surface area contributed by atoms with Gasteiger partial charge in [-0.2, -0.15) is 0 Å². The second-order valence-electron chi connectivity index (χ2n) is 2.69. The van der Waals surface area contributed by atoms with E-state index in [1.165, 1.54) is 0 Å². The van der Waals surface area contributed by atoms with Gasteiger partial charge in [0.15, 0.2) is 6.29 Å². The van der Waals surface area contributed by atoms with E-state index < -0.39 is 13.7 Å². The minimum absolute atomic E-state index is 0.0885. The molecule has 0 radical (unpaired) electrons. The third-order valence-corrected chi connectivity index (χ3v) is 3.49. The molecule has 0 amide bonds. The van der Waals surface area contributed by atoms with Gasteiger partial charge in [-0.15, -0.1) is 0 Å². The van der Waals surface area contributed by atoms with Crippen LogP contribution in [-0.2, 0) is 14.0 Å². The second kappa shape index (κ2) is 6.55. The van der Waals surface area contributed by atoms with Crippen LogP contribution in [0.15, 0.2) is 0 Å². The molecule has 1 atom stereocenters. The first-order chi connectivity index (χ1) is 6.05. The molecule has 0 bridgehead atoms. The predicted molar refractivity (Wildman–Crippen MR) is 52.3 cm³/mol. The van der Waals surface area contributed by atoms with Crippen molar-refractivity contribution in [2.45, 2.75) is 27.1 Å². The summed E-state index contributed by atoms with van der Waals surface area (Å²) < 4.78 is 21.7. The minimum Gasteiger partial charge on any atom is -0.352 e. The van der Waals surface area contributed by atoms with Crippen molar-refractivity contribution in [2.75, 3.05) is 25.5 Å². The van der Waals surface area contributed by atoms with E-state index in [-0.39, 0.29) is 12.3 Å². The number of hydrogen-bond acceptors (Lipinski definition) is 3. The van der Waals surface area contributed by atoms with Crippen LogP contribution in [0.2, 0.25) is 0 Å². The predicted octanol–water partition coefficient (Wildman–Crippen LogP) is 1.68. The van der Waals surface area contributed by atoms with E-state index >= 15 is 0 Å². The molecular formula is C8H19O4P. The quantitative estimate of drug-likeness (QED) is 0.513. The topological polar surface area (TPSA) is 55.8 Å². The van der Waals surface area contributed by atoms with Gasteiger partial charge in [0.05, 0.1) is 6.16 Å². The summed E-state index contributed by atoms with van der Waals surface area (Å²) in [5.41, 5.74) is 0. The molecule has 0 aliphatic heterocycles. The maximum Gasteiger partial charge on any atom is 0.205 e. The van der Waals surface area contributed by atoms with Gasteiger partial charge in [0.1, 0.15) is 0 Å². The number of ether oxygens (including phenoxy) is 2. The van der Waals surface area contributed by atoms with E-state index in [1.807, 2.05) is 13.8 Å². The molecule has 0 aromatic carbocycles. The van der Waals surface area contributed by atoms with Crippen molar-refractivity contribution in [3.8, 4) is 0 Å². The molecule has 0 heterocycles. The highest BCUT2D eigenvalue weighted by Crippen LogP contribution is 2.40. The van der Waals surface area contributed by atoms with Crippen molar-refractivity contribution in [3.05, 3.63) is 0 Å². The van der Waals surface area contributed by atoms with Gasteiger partial charge in [0.25, 0.3) is 0 Å². The Labute approximate surface area is 79.7 Å². The van der Waals surface area contributed by atoms with Gasteiger partial charge in [-0.25, -0.2) is 0 Å². The van der Waals surface area contributed by atoms with Gasteiger partial charge in [-0.1, -0.05) is 6.92 Å². The molecule has 1 N–H and O–H groups in total. The average molecular weight is 210 g/mol. The second-order valence-corrected chi connectivity index (χ2v) is 5.38. The van der Waals surface area contributed by atoms with Crippen molar-refractivity contribution in [1.82, 2.24) is 0 Å². The Kier molecular flexibility index (Phi) is 6.60. The van der Waals surface area contributed by atoms with Crippen molar-refractivity contribution in [2.24, 2.45) is 0 Å². The van der Waals surface area contributed by atoms with Crippen LogP contribution in [0.1, 0.15) is 20.8 Å². The lowest BCUT2D eigenvalue weighted by molar-refractivity contribution is -0.121. The molecule has 0 rings (SSSR count). The third kappa shape index (κ3) is 6.22. The monoisotopic (exact) mass is 210 g/mol. The summed E-state index contributed by atoms with van der Waals surface area (Å²) in [5, 5.41) is 0. The zero-order valence-electron chi connectivity index (χ0n) is 8.52. The average Bonchev–Trinajstić information content (AvgIpc) is 2.05. The molecule has 13 heavy (non-hydrogen) atoms. The number of hydrogen-bond donors (Lipinski definition) is 1. The fraction of sp³-hybridized carbons (Fsp3) is 1.00. The summed E-state index contributed by atoms with van der Waals surface area (Å²) in [5.74, 6) is 0. The molecule has 0 saturated heterocycles. The Morgan fingerprint density at radius 2 is 1.69 bits per heavy atom. The van der Waals surface area contributed by atoms with Crippen LogP contribution >= 0.6 is 7.37 Å². The highest BCUT2D eigenvalue weighted by atomic mass is 31.2. The van der Waals surface area contributed by atoms with Crippen molar-refractivity contribution in [3.63, 3.8) is 0 Å². The summed E-state index contributed by atoms with van der Waals surface area (Å²) in [6.07, 6.45) is -0.180. The highest BCUT2D eigenvalue weighted by Gasteiger charge is 2.22. The van der Waals surface area contributed by atoms with Gasteiger partial charge in [0, 0.05) is 19.4 Å². The zero-order valence-corrected chi connectivity index (χ0v) is 9.42. The fourth-order valence-electron chi connectivity index (χ4n) is 0.887. The minimum atomic E-state index is -3.04. The van der Waals surface area contributed by atoms with Crippen LogP contribution in [0.4, 0.5) is 0 Å². The van der Waals surface area contributed by atoms with Crippen molar-refractivity contribution >= 4 is 7.37 Å². The first-order valence-corrected chi connectivity index (χ1v) is 6.62. The molecule has 0 aromatic rings. The first kappa shape index (κ1) is 13.1. The summed E-state index contributed by atoms with van der Waals surface area (Å²) >= 11 is 0. The molecular weight excluding hydrogens is 191 g/mol. The van der Waals surface area contributed by atoms with Gasteiger partial charge >= 0.3 is 0 Å². The van der Waals surface area contributed by atoms with E-state index in [1.54, 1.807) is 6.92 Å². The van der Waals surface area contributed by atoms with Crippen LogP contribution in [0, 0.1) is 0 Å². The Bertz CT molecular complexity index is 166.